The summed E-state index contributed by atoms with van der Waals surface area (Å²) in [5.41, 5.74) is 6.61. The molecule has 0 aliphatic carbocycles. The van der Waals surface area contributed by atoms with Gasteiger partial charge in [0.05, 0.1) is 40.0 Å². The van der Waals surface area contributed by atoms with Crippen LogP contribution >= 0.6 is 11.3 Å². The van der Waals surface area contributed by atoms with Crippen molar-refractivity contribution in [2.24, 2.45) is 0 Å². The zero-order valence-electron chi connectivity index (χ0n) is 19.1. The number of hydrogen-bond donors (Lipinski definition) is 0. The Labute approximate surface area is 211 Å². The van der Waals surface area contributed by atoms with Crippen LogP contribution in [0.5, 0.6) is 0 Å². The minimum Gasteiger partial charge on any atom is -0.309 e. The SMILES string of the molecule is N#Cc1ccc(-n2c3ccccc3c3ccccc32)c(-c2ccc3sc4ccc(C#N)cc4c3c2)c1. The molecule has 166 valence electrons. The third kappa shape index (κ3) is 2.96. The molecule has 0 amide bonds. The van der Waals surface area contributed by atoms with Crippen molar-refractivity contribution in [2.45, 2.75) is 0 Å². The molecule has 2 aromatic heterocycles. The predicted octanol–water partition coefficient (Wildman–Crippen LogP) is 8.56. The molecule has 0 saturated carbocycles. The van der Waals surface area contributed by atoms with Gasteiger partial charge in [0.15, 0.2) is 0 Å². The fourth-order valence-electron chi connectivity index (χ4n) is 5.23. The molecule has 0 radical (unpaired) electrons. The summed E-state index contributed by atoms with van der Waals surface area (Å²) in [7, 11) is 0. The molecule has 0 aliphatic rings. The van der Waals surface area contributed by atoms with Gasteiger partial charge < -0.3 is 4.57 Å². The van der Waals surface area contributed by atoms with Gasteiger partial charge in [-0.1, -0.05) is 42.5 Å². The lowest BCUT2D eigenvalue weighted by Gasteiger charge is -2.15. The van der Waals surface area contributed by atoms with Gasteiger partial charge in [-0.25, -0.2) is 0 Å². The van der Waals surface area contributed by atoms with E-state index in [1.807, 2.05) is 30.3 Å². The van der Waals surface area contributed by atoms with E-state index < -0.39 is 0 Å². The van der Waals surface area contributed by atoms with Gasteiger partial charge in [-0.3, -0.25) is 0 Å². The van der Waals surface area contributed by atoms with Crippen molar-refractivity contribution in [3.8, 4) is 29.0 Å². The van der Waals surface area contributed by atoms with Crippen LogP contribution in [0.25, 0.3) is 58.8 Å². The van der Waals surface area contributed by atoms with Crippen LogP contribution in [-0.2, 0) is 0 Å². The summed E-state index contributed by atoms with van der Waals surface area (Å²) in [5, 5.41) is 23.8. The van der Waals surface area contributed by atoms with Crippen molar-refractivity contribution >= 4 is 53.3 Å². The van der Waals surface area contributed by atoms with Crippen molar-refractivity contribution in [1.29, 1.82) is 10.5 Å². The van der Waals surface area contributed by atoms with Crippen LogP contribution in [-0.4, -0.2) is 4.57 Å². The van der Waals surface area contributed by atoms with Crippen LogP contribution in [0.2, 0.25) is 0 Å². The van der Waals surface area contributed by atoms with Crippen molar-refractivity contribution in [1.82, 2.24) is 4.57 Å². The molecule has 4 heteroatoms. The zero-order chi connectivity index (χ0) is 24.2. The van der Waals surface area contributed by atoms with Crippen LogP contribution in [0, 0.1) is 22.7 Å². The fourth-order valence-corrected chi connectivity index (χ4v) is 6.30. The van der Waals surface area contributed by atoms with Crippen molar-refractivity contribution in [2.75, 3.05) is 0 Å². The number of nitrogens with zero attached hydrogens (tertiary/aromatic N) is 3. The first-order valence-electron chi connectivity index (χ1n) is 11.6. The van der Waals surface area contributed by atoms with Crippen molar-refractivity contribution in [3.05, 3.63) is 114 Å². The molecule has 0 bridgehead atoms. The predicted molar refractivity (Wildman–Crippen MR) is 149 cm³/mol. The lowest BCUT2D eigenvalue weighted by atomic mass is 9.98. The maximum absolute atomic E-state index is 9.73. The van der Waals surface area contributed by atoms with E-state index in [-0.39, 0.29) is 0 Å². The first kappa shape index (κ1) is 20.5. The lowest BCUT2D eigenvalue weighted by Crippen LogP contribution is -1.98. The normalized spacial score (nSPS) is 11.3. The molecular weight excluding hydrogens is 458 g/mol. The molecule has 0 saturated heterocycles. The topological polar surface area (TPSA) is 52.5 Å². The average Bonchev–Trinajstić information content (AvgIpc) is 3.47. The second kappa shape index (κ2) is 7.82. The number of rotatable bonds is 2. The van der Waals surface area contributed by atoms with Crippen LogP contribution in [0.3, 0.4) is 0 Å². The Morgan fingerprint density at radius 2 is 1.14 bits per heavy atom. The third-order valence-corrected chi connectivity index (χ3v) is 8.01. The lowest BCUT2D eigenvalue weighted by molar-refractivity contribution is 1.18. The highest BCUT2D eigenvalue weighted by atomic mass is 32.1. The van der Waals surface area contributed by atoms with E-state index in [2.05, 4.69) is 89.5 Å². The largest absolute Gasteiger partial charge is 0.309 e. The van der Waals surface area contributed by atoms with Crippen molar-refractivity contribution in [3.63, 3.8) is 0 Å². The molecule has 0 atom stereocenters. The van der Waals surface area contributed by atoms with Crippen LogP contribution in [0.1, 0.15) is 11.1 Å². The molecule has 0 spiro atoms. The summed E-state index contributed by atoms with van der Waals surface area (Å²) in [4.78, 5) is 0. The number of para-hydroxylation sites is 2. The van der Waals surface area contributed by atoms with Gasteiger partial charge in [-0.05, 0) is 66.2 Å². The maximum atomic E-state index is 9.73. The Morgan fingerprint density at radius 3 is 1.83 bits per heavy atom. The Hall–Kier alpha value is -4.90. The van der Waals surface area contributed by atoms with Gasteiger partial charge in [-0.2, -0.15) is 10.5 Å². The van der Waals surface area contributed by atoms with Gasteiger partial charge in [-0.15, -0.1) is 11.3 Å². The maximum Gasteiger partial charge on any atom is 0.0991 e. The molecule has 3 nitrogen and oxygen atoms in total. The second-order valence-corrected chi connectivity index (χ2v) is 9.93. The first-order chi connectivity index (χ1) is 17.7. The number of nitriles is 2. The third-order valence-electron chi connectivity index (χ3n) is 6.86. The average molecular weight is 476 g/mol. The first-order valence-corrected chi connectivity index (χ1v) is 12.5. The molecule has 36 heavy (non-hydrogen) atoms. The number of benzene rings is 5. The van der Waals surface area contributed by atoms with E-state index >= 15 is 0 Å². The molecule has 0 unspecified atom stereocenters. The van der Waals surface area contributed by atoms with Crippen LogP contribution < -0.4 is 0 Å². The Morgan fingerprint density at radius 1 is 0.556 bits per heavy atom. The van der Waals surface area contributed by atoms with E-state index in [0.29, 0.717) is 11.1 Å². The monoisotopic (exact) mass is 475 g/mol. The number of hydrogen-bond acceptors (Lipinski definition) is 3. The van der Waals surface area contributed by atoms with Gasteiger partial charge in [0, 0.05) is 36.5 Å². The van der Waals surface area contributed by atoms with Gasteiger partial charge in [0.1, 0.15) is 0 Å². The van der Waals surface area contributed by atoms with Gasteiger partial charge in [0.25, 0.3) is 0 Å². The number of aromatic nitrogens is 1. The summed E-state index contributed by atoms with van der Waals surface area (Å²) in [5.74, 6) is 0. The molecule has 7 rings (SSSR count). The summed E-state index contributed by atoms with van der Waals surface area (Å²) in [6, 6.07) is 39.7. The molecular formula is C32H17N3S. The number of thiophene rings is 1. The molecule has 0 fully saturated rings. The Bertz CT molecular complexity index is 2030. The highest BCUT2D eigenvalue weighted by molar-refractivity contribution is 7.25. The van der Waals surface area contributed by atoms with E-state index in [9.17, 15) is 10.5 Å². The van der Waals surface area contributed by atoms with Crippen LogP contribution in [0.15, 0.2) is 103 Å². The second-order valence-electron chi connectivity index (χ2n) is 8.85. The molecule has 7 aromatic rings. The standard InChI is InChI=1S/C32H17N3S/c33-18-20-9-12-30(35-28-7-3-1-5-23(28)24-6-2-4-8-29(24)35)25(15-20)22-11-14-32-27(17-22)26-16-21(19-34)10-13-31(26)36-32/h1-17H. The van der Waals surface area contributed by atoms with E-state index in [0.717, 1.165) is 43.3 Å². The Balaban J connectivity index is 1.56. The van der Waals surface area contributed by atoms with E-state index in [1.54, 1.807) is 11.3 Å². The molecule has 2 heterocycles. The summed E-state index contributed by atoms with van der Waals surface area (Å²) in [6.07, 6.45) is 0. The van der Waals surface area contributed by atoms with Crippen molar-refractivity contribution < 1.29 is 0 Å². The molecule has 5 aromatic carbocycles. The minimum atomic E-state index is 0.622. The highest BCUT2D eigenvalue weighted by Crippen LogP contribution is 2.40. The zero-order valence-corrected chi connectivity index (χ0v) is 19.9. The van der Waals surface area contributed by atoms with Gasteiger partial charge in [0.2, 0.25) is 0 Å². The molecule has 0 N–H and O–H groups in total. The van der Waals surface area contributed by atoms with Gasteiger partial charge >= 0.3 is 0 Å². The quantitative estimate of drug-likeness (QED) is 0.251. The van der Waals surface area contributed by atoms with Crippen LogP contribution in [0.4, 0.5) is 0 Å². The smallest absolute Gasteiger partial charge is 0.0991 e. The summed E-state index contributed by atoms with van der Waals surface area (Å²) >= 11 is 1.73. The summed E-state index contributed by atoms with van der Waals surface area (Å²) < 4.78 is 4.64. The number of fused-ring (bicyclic) bond motifs is 6. The summed E-state index contributed by atoms with van der Waals surface area (Å²) in [6.45, 7) is 0. The highest BCUT2D eigenvalue weighted by Gasteiger charge is 2.17. The fraction of sp³-hybridized carbons (Fsp3) is 0. The van der Waals surface area contributed by atoms with E-state index in [1.165, 1.54) is 15.5 Å². The Kier molecular flexibility index (Phi) is 4.45. The minimum absolute atomic E-state index is 0.622. The molecule has 0 aliphatic heterocycles. The van der Waals surface area contributed by atoms with E-state index in [4.69, 9.17) is 0 Å².